The molecule has 0 amide bonds. The zero-order chi connectivity index (χ0) is 15.5. The van der Waals surface area contributed by atoms with Gasteiger partial charge in [0.05, 0.1) is 4.99 Å². The third-order valence-corrected chi connectivity index (χ3v) is 5.23. The number of hydrogen-bond acceptors (Lipinski definition) is 2. The zero-order valence-corrected chi connectivity index (χ0v) is 14.3. The van der Waals surface area contributed by atoms with Crippen molar-refractivity contribution in [2.24, 2.45) is 11.1 Å². The van der Waals surface area contributed by atoms with Crippen LogP contribution in [-0.2, 0) is 0 Å². The molecular weight excluding hydrogens is 276 g/mol. The Morgan fingerprint density at radius 1 is 1.29 bits per heavy atom. The maximum Gasteiger partial charge on any atom is 0.0816 e. The predicted octanol–water partition coefficient (Wildman–Crippen LogP) is 3.96. The Morgan fingerprint density at radius 2 is 1.86 bits per heavy atom. The predicted molar refractivity (Wildman–Crippen MR) is 94.6 cm³/mol. The highest BCUT2D eigenvalue weighted by Gasteiger charge is 2.30. The van der Waals surface area contributed by atoms with E-state index >= 15 is 0 Å². The standard InChI is InChI=1S/C18H28N2S/c1-18(2)11-9-15(10-12-18)20(3)13-16(17(19)21)14-7-5-4-6-8-14/h4-8,15-16H,9-13H2,1-3H3,(H2,19,21). The van der Waals surface area contributed by atoms with Crippen LogP contribution in [0.3, 0.4) is 0 Å². The summed E-state index contributed by atoms with van der Waals surface area (Å²) < 4.78 is 0. The van der Waals surface area contributed by atoms with E-state index in [-0.39, 0.29) is 5.92 Å². The van der Waals surface area contributed by atoms with E-state index < -0.39 is 0 Å². The second kappa shape index (κ2) is 6.89. The fraction of sp³-hybridized carbons (Fsp3) is 0.611. The second-order valence-electron chi connectivity index (χ2n) is 7.20. The van der Waals surface area contributed by atoms with Gasteiger partial charge < -0.3 is 10.6 Å². The van der Waals surface area contributed by atoms with Crippen molar-refractivity contribution in [3.63, 3.8) is 0 Å². The van der Waals surface area contributed by atoms with Crippen LogP contribution in [0, 0.1) is 5.41 Å². The van der Waals surface area contributed by atoms with Gasteiger partial charge in [0.1, 0.15) is 0 Å². The molecule has 1 saturated carbocycles. The first-order valence-corrected chi connectivity index (χ1v) is 8.34. The number of rotatable bonds is 5. The van der Waals surface area contributed by atoms with Gasteiger partial charge in [-0.15, -0.1) is 0 Å². The molecular formula is C18H28N2S. The third-order valence-electron chi connectivity index (χ3n) is 4.95. The van der Waals surface area contributed by atoms with E-state index in [0.717, 1.165) is 6.54 Å². The number of nitrogens with zero attached hydrogens (tertiary/aromatic N) is 1. The normalized spacial score (nSPS) is 20.4. The van der Waals surface area contributed by atoms with Crippen LogP contribution in [0.2, 0.25) is 0 Å². The molecule has 116 valence electrons. The van der Waals surface area contributed by atoms with Crippen molar-refractivity contribution in [3.05, 3.63) is 35.9 Å². The fourth-order valence-corrected chi connectivity index (χ4v) is 3.52. The Morgan fingerprint density at radius 3 is 2.38 bits per heavy atom. The number of thiocarbonyl (C=S) groups is 1. The van der Waals surface area contributed by atoms with Gasteiger partial charge in [-0.25, -0.2) is 0 Å². The molecule has 0 spiro atoms. The summed E-state index contributed by atoms with van der Waals surface area (Å²) in [7, 11) is 2.22. The van der Waals surface area contributed by atoms with Gasteiger partial charge in [0, 0.05) is 18.5 Å². The summed E-state index contributed by atoms with van der Waals surface area (Å²) >= 11 is 5.31. The molecule has 0 radical (unpaired) electrons. The van der Waals surface area contributed by atoms with Crippen molar-refractivity contribution in [3.8, 4) is 0 Å². The molecule has 0 saturated heterocycles. The molecule has 1 fully saturated rings. The van der Waals surface area contributed by atoms with Crippen molar-refractivity contribution in [1.29, 1.82) is 0 Å². The zero-order valence-electron chi connectivity index (χ0n) is 13.5. The molecule has 1 aliphatic carbocycles. The molecule has 2 rings (SSSR count). The van der Waals surface area contributed by atoms with Crippen LogP contribution in [0.5, 0.6) is 0 Å². The average Bonchev–Trinajstić information content (AvgIpc) is 2.45. The lowest BCUT2D eigenvalue weighted by Crippen LogP contribution is -2.41. The topological polar surface area (TPSA) is 29.3 Å². The summed E-state index contributed by atoms with van der Waals surface area (Å²) in [6, 6.07) is 11.1. The Bertz CT molecular complexity index is 459. The van der Waals surface area contributed by atoms with Crippen molar-refractivity contribution in [2.45, 2.75) is 51.5 Å². The summed E-state index contributed by atoms with van der Waals surface area (Å²) in [6.45, 7) is 5.68. The summed E-state index contributed by atoms with van der Waals surface area (Å²) in [5, 5.41) is 0. The third kappa shape index (κ3) is 4.52. The van der Waals surface area contributed by atoms with Gasteiger partial charge in [-0.2, -0.15) is 0 Å². The minimum Gasteiger partial charge on any atom is -0.393 e. The highest BCUT2D eigenvalue weighted by Crippen LogP contribution is 2.37. The van der Waals surface area contributed by atoms with Gasteiger partial charge in [0.15, 0.2) is 0 Å². The molecule has 1 aromatic rings. The van der Waals surface area contributed by atoms with E-state index in [1.807, 2.05) is 6.07 Å². The first-order chi connectivity index (χ1) is 9.89. The average molecular weight is 305 g/mol. The molecule has 0 bridgehead atoms. The summed E-state index contributed by atoms with van der Waals surface area (Å²) in [4.78, 5) is 3.07. The Kier molecular flexibility index (Phi) is 5.39. The molecule has 2 N–H and O–H groups in total. The quantitative estimate of drug-likeness (QED) is 0.835. The molecule has 1 atom stereocenters. The molecule has 21 heavy (non-hydrogen) atoms. The van der Waals surface area contributed by atoms with E-state index in [4.69, 9.17) is 18.0 Å². The molecule has 0 aliphatic heterocycles. The van der Waals surface area contributed by atoms with Crippen molar-refractivity contribution >= 4 is 17.2 Å². The molecule has 0 aromatic heterocycles. The lowest BCUT2D eigenvalue weighted by molar-refractivity contribution is 0.127. The molecule has 2 nitrogen and oxygen atoms in total. The van der Waals surface area contributed by atoms with Crippen LogP contribution in [0.4, 0.5) is 0 Å². The molecule has 0 heterocycles. The van der Waals surface area contributed by atoms with Gasteiger partial charge >= 0.3 is 0 Å². The van der Waals surface area contributed by atoms with Crippen molar-refractivity contribution in [2.75, 3.05) is 13.6 Å². The van der Waals surface area contributed by atoms with Crippen molar-refractivity contribution < 1.29 is 0 Å². The largest absolute Gasteiger partial charge is 0.393 e. The molecule has 1 aliphatic rings. The Balaban J connectivity index is 1.99. The molecule has 1 aromatic carbocycles. The lowest BCUT2D eigenvalue weighted by Gasteiger charge is -2.39. The minimum absolute atomic E-state index is 0.154. The van der Waals surface area contributed by atoms with E-state index in [1.54, 1.807) is 0 Å². The first kappa shape index (κ1) is 16.4. The van der Waals surface area contributed by atoms with Crippen LogP contribution in [0.25, 0.3) is 0 Å². The molecule has 3 heteroatoms. The van der Waals surface area contributed by atoms with Gasteiger partial charge in [0.25, 0.3) is 0 Å². The van der Waals surface area contributed by atoms with Crippen LogP contribution in [0.1, 0.15) is 51.0 Å². The highest BCUT2D eigenvalue weighted by molar-refractivity contribution is 7.80. The maximum atomic E-state index is 5.99. The van der Waals surface area contributed by atoms with E-state index in [2.05, 4.69) is 50.1 Å². The number of benzene rings is 1. The van der Waals surface area contributed by atoms with Gasteiger partial charge in [-0.05, 0) is 43.7 Å². The lowest BCUT2D eigenvalue weighted by atomic mass is 9.75. The van der Waals surface area contributed by atoms with E-state index in [0.29, 0.717) is 16.4 Å². The van der Waals surface area contributed by atoms with Crippen molar-refractivity contribution in [1.82, 2.24) is 4.90 Å². The summed E-state index contributed by atoms with van der Waals surface area (Å²) in [5.41, 5.74) is 7.74. The molecule has 1 unspecified atom stereocenters. The van der Waals surface area contributed by atoms with Gasteiger partial charge in [-0.3, -0.25) is 0 Å². The number of likely N-dealkylation sites (N-methyl/N-ethyl adjacent to an activating group) is 1. The van der Waals surface area contributed by atoms with Crippen LogP contribution >= 0.6 is 12.2 Å². The Hall–Kier alpha value is -0.930. The van der Waals surface area contributed by atoms with E-state index in [1.165, 1.54) is 31.2 Å². The smallest absolute Gasteiger partial charge is 0.0816 e. The summed E-state index contributed by atoms with van der Waals surface area (Å²) in [5.74, 6) is 0.154. The van der Waals surface area contributed by atoms with Gasteiger partial charge in [0.2, 0.25) is 0 Å². The SMILES string of the molecule is CN(CC(C(N)=S)c1ccccc1)C1CCC(C)(C)CC1. The van der Waals surface area contributed by atoms with Gasteiger partial charge in [-0.1, -0.05) is 56.4 Å². The Labute approximate surface area is 134 Å². The number of hydrogen-bond donors (Lipinski definition) is 1. The maximum absolute atomic E-state index is 5.99. The highest BCUT2D eigenvalue weighted by atomic mass is 32.1. The number of nitrogens with two attached hydrogens (primary N) is 1. The monoisotopic (exact) mass is 304 g/mol. The van der Waals surface area contributed by atoms with E-state index in [9.17, 15) is 0 Å². The second-order valence-corrected chi connectivity index (χ2v) is 7.67. The summed E-state index contributed by atoms with van der Waals surface area (Å²) in [6.07, 6.45) is 5.18. The first-order valence-electron chi connectivity index (χ1n) is 7.93. The fourth-order valence-electron chi connectivity index (χ4n) is 3.31. The van der Waals surface area contributed by atoms with Crippen LogP contribution in [-0.4, -0.2) is 29.5 Å². The minimum atomic E-state index is 0.154. The van der Waals surface area contributed by atoms with Crippen LogP contribution in [0.15, 0.2) is 30.3 Å². The van der Waals surface area contributed by atoms with Crippen LogP contribution < -0.4 is 5.73 Å².